The minimum absolute atomic E-state index is 0.113. The highest BCUT2D eigenvalue weighted by Gasteiger charge is 2.39. The lowest BCUT2D eigenvalue weighted by Gasteiger charge is -2.34. The van der Waals surface area contributed by atoms with Gasteiger partial charge in [-0.05, 0) is 25.7 Å². The summed E-state index contributed by atoms with van der Waals surface area (Å²) in [5.41, 5.74) is -0.766. The van der Waals surface area contributed by atoms with Crippen molar-refractivity contribution in [3.63, 3.8) is 0 Å². The van der Waals surface area contributed by atoms with Crippen LogP contribution in [0.4, 0.5) is 0 Å². The Hall–Kier alpha value is -1.10. The third kappa shape index (κ3) is 3.32. The summed E-state index contributed by atoms with van der Waals surface area (Å²) in [6.45, 7) is 0.328. The summed E-state index contributed by atoms with van der Waals surface area (Å²) in [5, 5.41) is 19.6. The average Bonchev–Trinajstić information content (AvgIpc) is 2.84. The average molecular weight is 283 g/mol. The van der Waals surface area contributed by atoms with E-state index in [2.05, 4.69) is 0 Å². The lowest BCUT2D eigenvalue weighted by Crippen LogP contribution is -2.47. The maximum Gasteiger partial charge on any atom is 0.307 e. The molecule has 2 atom stereocenters. The van der Waals surface area contributed by atoms with Crippen molar-refractivity contribution >= 4 is 11.9 Å². The number of likely N-dealkylation sites (N-methyl/N-ethyl adjacent to an activating group) is 1. The standard InChI is InChI=1S/C15H25NO4/c1-16(10-15(20)8-4-5-9-15)13(17)11-6-2-3-7-12(11)14(18)19/h11-12,20H,2-10H2,1H3,(H,18,19). The first kappa shape index (κ1) is 15.3. The lowest BCUT2D eigenvalue weighted by molar-refractivity contribution is -0.153. The molecule has 114 valence electrons. The van der Waals surface area contributed by atoms with Crippen LogP contribution in [0.15, 0.2) is 0 Å². The van der Waals surface area contributed by atoms with Crippen molar-refractivity contribution in [1.82, 2.24) is 4.90 Å². The van der Waals surface area contributed by atoms with E-state index in [0.717, 1.165) is 38.5 Å². The number of carbonyl (C=O) groups is 2. The number of aliphatic carboxylic acids is 1. The van der Waals surface area contributed by atoms with Crippen LogP contribution in [0, 0.1) is 11.8 Å². The molecular formula is C15H25NO4. The van der Waals surface area contributed by atoms with Crippen LogP contribution in [0.5, 0.6) is 0 Å². The van der Waals surface area contributed by atoms with Crippen LogP contribution in [0.25, 0.3) is 0 Å². The van der Waals surface area contributed by atoms with E-state index in [4.69, 9.17) is 0 Å². The van der Waals surface area contributed by atoms with Crippen LogP contribution in [-0.4, -0.2) is 46.2 Å². The molecule has 5 heteroatoms. The van der Waals surface area contributed by atoms with Crippen molar-refractivity contribution in [3.8, 4) is 0 Å². The van der Waals surface area contributed by atoms with Crippen LogP contribution in [0.2, 0.25) is 0 Å². The van der Waals surface area contributed by atoms with Gasteiger partial charge in [0.2, 0.25) is 5.91 Å². The van der Waals surface area contributed by atoms with Crippen LogP contribution in [0.3, 0.4) is 0 Å². The van der Waals surface area contributed by atoms with Crippen LogP contribution in [0.1, 0.15) is 51.4 Å². The summed E-state index contributed by atoms with van der Waals surface area (Å²) in [6.07, 6.45) is 6.50. The van der Waals surface area contributed by atoms with Gasteiger partial charge in [0, 0.05) is 13.6 Å². The van der Waals surface area contributed by atoms with Gasteiger partial charge in [-0.3, -0.25) is 9.59 Å². The number of carboxylic acid groups (broad SMARTS) is 1. The van der Waals surface area contributed by atoms with E-state index in [1.807, 2.05) is 0 Å². The molecule has 1 amide bonds. The zero-order chi connectivity index (χ0) is 14.8. The van der Waals surface area contributed by atoms with Gasteiger partial charge < -0.3 is 15.1 Å². The second-order valence-corrected chi connectivity index (χ2v) is 6.46. The molecule has 2 aliphatic carbocycles. The molecule has 2 N–H and O–H groups in total. The maximum absolute atomic E-state index is 12.5. The van der Waals surface area contributed by atoms with Crippen molar-refractivity contribution in [1.29, 1.82) is 0 Å². The third-order valence-electron chi connectivity index (χ3n) is 4.84. The molecule has 0 heterocycles. The number of rotatable bonds is 4. The molecule has 0 aromatic heterocycles. The summed E-state index contributed by atoms with van der Waals surface area (Å²) < 4.78 is 0. The first-order chi connectivity index (χ1) is 9.43. The van der Waals surface area contributed by atoms with Gasteiger partial charge in [-0.2, -0.15) is 0 Å². The first-order valence-electron chi connectivity index (χ1n) is 7.63. The molecule has 2 unspecified atom stereocenters. The summed E-state index contributed by atoms with van der Waals surface area (Å²) >= 11 is 0. The Labute approximate surface area is 120 Å². The number of hydrogen-bond acceptors (Lipinski definition) is 3. The van der Waals surface area contributed by atoms with Gasteiger partial charge in [0.1, 0.15) is 0 Å². The minimum Gasteiger partial charge on any atom is -0.481 e. The Morgan fingerprint density at radius 3 is 2.20 bits per heavy atom. The lowest BCUT2D eigenvalue weighted by atomic mass is 9.78. The van der Waals surface area contributed by atoms with Crippen molar-refractivity contribution in [2.75, 3.05) is 13.6 Å². The SMILES string of the molecule is CN(CC1(O)CCCC1)C(=O)C1CCCCC1C(=O)O. The highest BCUT2D eigenvalue weighted by Crippen LogP contribution is 2.34. The fourth-order valence-electron chi connectivity index (χ4n) is 3.72. The minimum atomic E-state index is -0.865. The number of nitrogens with zero attached hydrogens (tertiary/aromatic N) is 1. The van der Waals surface area contributed by atoms with E-state index < -0.39 is 23.4 Å². The molecule has 0 spiro atoms. The fraction of sp³-hybridized carbons (Fsp3) is 0.867. The summed E-state index contributed by atoms with van der Waals surface area (Å²) in [7, 11) is 1.69. The summed E-state index contributed by atoms with van der Waals surface area (Å²) in [5.74, 6) is -1.96. The van der Waals surface area contributed by atoms with E-state index in [9.17, 15) is 19.8 Å². The number of amides is 1. The van der Waals surface area contributed by atoms with E-state index in [0.29, 0.717) is 19.4 Å². The molecule has 5 nitrogen and oxygen atoms in total. The van der Waals surface area contributed by atoms with Crippen molar-refractivity contribution < 1.29 is 19.8 Å². The molecule has 2 fully saturated rings. The van der Waals surface area contributed by atoms with E-state index in [1.165, 1.54) is 0 Å². The van der Waals surface area contributed by atoms with E-state index >= 15 is 0 Å². The topological polar surface area (TPSA) is 77.8 Å². The van der Waals surface area contributed by atoms with Gasteiger partial charge in [-0.25, -0.2) is 0 Å². The quantitative estimate of drug-likeness (QED) is 0.822. The molecule has 0 aromatic rings. The monoisotopic (exact) mass is 283 g/mol. The van der Waals surface area contributed by atoms with Gasteiger partial charge in [0.05, 0.1) is 17.4 Å². The Morgan fingerprint density at radius 1 is 1.10 bits per heavy atom. The molecule has 0 saturated heterocycles. The highest BCUT2D eigenvalue weighted by molar-refractivity contribution is 5.84. The second-order valence-electron chi connectivity index (χ2n) is 6.46. The Morgan fingerprint density at radius 2 is 1.65 bits per heavy atom. The molecule has 0 radical (unpaired) electrons. The van der Waals surface area contributed by atoms with Crippen molar-refractivity contribution in [2.45, 2.75) is 57.0 Å². The second kappa shape index (κ2) is 6.12. The third-order valence-corrected chi connectivity index (χ3v) is 4.84. The highest BCUT2D eigenvalue weighted by atomic mass is 16.4. The zero-order valence-electron chi connectivity index (χ0n) is 12.2. The Bertz CT molecular complexity index is 376. The first-order valence-corrected chi connectivity index (χ1v) is 7.63. The van der Waals surface area contributed by atoms with Gasteiger partial charge >= 0.3 is 5.97 Å². The molecule has 0 aromatic carbocycles. The molecular weight excluding hydrogens is 258 g/mol. The Kier molecular flexibility index (Phi) is 4.68. The molecule has 2 rings (SSSR count). The number of hydrogen-bond donors (Lipinski definition) is 2. The number of aliphatic hydroxyl groups is 1. The van der Waals surface area contributed by atoms with Gasteiger partial charge in [0.25, 0.3) is 0 Å². The van der Waals surface area contributed by atoms with E-state index in [1.54, 1.807) is 11.9 Å². The van der Waals surface area contributed by atoms with Crippen LogP contribution in [-0.2, 0) is 9.59 Å². The van der Waals surface area contributed by atoms with E-state index in [-0.39, 0.29) is 5.91 Å². The summed E-state index contributed by atoms with van der Waals surface area (Å²) in [6, 6.07) is 0. The largest absolute Gasteiger partial charge is 0.481 e. The number of carboxylic acids is 1. The molecule has 0 bridgehead atoms. The van der Waals surface area contributed by atoms with Crippen LogP contribution < -0.4 is 0 Å². The predicted octanol–water partition coefficient (Wildman–Crippen LogP) is 1.64. The van der Waals surface area contributed by atoms with Crippen LogP contribution >= 0.6 is 0 Å². The number of carbonyl (C=O) groups excluding carboxylic acids is 1. The van der Waals surface area contributed by atoms with Gasteiger partial charge in [-0.1, -0.05) is 25.7 Å². The predicted molar refractivity (Wildman–Crippen MR) is 74.1 cm³/mol. The smallest absolute Gasteiger partial charge is 0.307 e. The molecule has 2 aliphatic rings. The molecule has 0 aliphatic heterocycles. The van der Waals surface area contributed by atoms with Crippen molar-refractivity contribution in [3.05, 3.63) is 0 Å². The zero-order valence-corrected chi connectivity index (χ0v) is 12.2. The maximum atomic E-state index is 12.5. The van der Waals surface area contributed by atoms with Gasteiger partial charge in [-0.15, -0.1) is 0 Å². The van der Waals surface area contributed by atoms with Gasteiger partial charge in [0.15, 0.2) is 0 Å². The summed E-state index contributed by atoms with van der Waals surface area (Å²) in [4.78, 5) is 25.3. The molecule has 20 heavy (non-hydrogen) atoms. The normalized spacial score (nSPS) is 29.1. The molecule has 2 saturated carbocycles. The fourth-order valence-corrected chi connectivity index (χ4v) is 3.72. The van der Waals surface area contributed by atoms with Crippen molar-refractivity contribution in [2.24, 2.45) is 11.8 Å². The Balaban J connectivity index is 1.99.